The molecule has 6 nitrogen and oxygen atoms in total. The Balaban J connectivity index is 2.01. The van der Waals surface area contributed by atoms with Crippen LogP contribution in [-0.2, 0) is 0 Å². The van der Waals surface area contributed by atoms with E-state index in [2.05, 4.69) is 10.2 Å². The zero-order valence-corrected chi connectivity index (χ0v) is 17.0. The molecule has 3 rings (SSSR count). The zero-order valence-electron chi connectivity index (χ0n) is 17.0. The molecule has 0 radical (unpaired) electrons. The monoisotopic (exact) mass is 402 g/mol. The third kappa shape index (κ3) is 4.55. The second-order valence-corrected chi connectivity index (χ2v) is 6.18. The highest BCUT2D eigenvalue weighted by Crippen LogP contribution is 2.39. The number of carbonyl (C=O) groups is 1. The highest BCUT2D eigenvalue weighted by atomic mass is 16.5. The fourth-order valence-corrected chi connectivity index (χ4v) is 2.93. The van der Waals surface area contributed by atoms with Crippen LogP contribution in [0.5, 0.6) is 17.2 Å². The molecule has 3 aromatic rings. The van der Waals surface area contributed by atoms with E-state index in [1.165, 1.54) is 20.4 Å². The summed E-state index contributed by atoms with van der Waals surface area (Å²) in [6.07, 6.45) is 1.52. The summed E-state index contributed by atoms with van der Waals surface area (Å²) in [6, 6.07) is 21.8. The van der Waals surface area contributed by atoms with Crippen molar-refractivity contribution in [3.8, 4) is 17.2 Å². The average molecular weight is 402 g/mol. The fourth-order valence-electron chi connectivity index (χ4n) is 2.93. The van der Waals surface area contributed by atoms with Crippen LogP contribution in [-0.4, -0.2) is 39.0 Å². The largest absolute Gasteiger partial charge is 0.493 e. The highest BCUT2D eigenvalue weighted by Gasteiger charge is 2.17. The molecule has 0 saturated carbocycles. The van der Waals surface area contributed by atoms with Gasteiger partial charge in [-0.05, 0) is 12.1 Å². The van der Waals surface area contributed by atoms with E-state index >= 15 is 0 Å². The minimum atomic E-state index is -0.210. The van der Waals surface area contributed by atoms with Gasteiger partial charge in [0.2, 0.25) is 11.5 Å². The molecule has 0 unspecified atom stereocenters. The normalized spacial score (nSPS) is 11.4. The molecule has 6 heteroatoms. The van der Waals surface area contributed by atoms with Crippen molar-refractivity contribution in [3.05, 3.63) is 89.5 Å². The van der Waals surface area contributed by atoms with Gasteiger partial charge in [-0.15, -0.1) is 5.10 Å². The summed E-state index contributed by atoms with van der Waals surface area (Å²) in [6.45, 7) is 0. The van der Waals surface area contributed by atoms with Crippen molar-refractivity contribution in [2.24, 2.45) is 10.2 Å². The van der Waals surface area contributed by atoms with Gasteiger partial charge < -0.3 is 14.2 Å². The first-order valence-corrected chi connectivity index (χ1v) is 9.24. The lowest BCUT2D eigenvalue weighted by atomic mass is 10.0. The number of carbonyl (C=O) groups excluding carboxylic acids is 1. The SMILES string of the molecule is COc1ccc(/C=N/N=C(/C(=O)c2ccccc2)c2ccccc2)c(OC)c1OC. The molecule has 0 aliphatic heterocycles. The Morgan fingerprint density at radius 1 is 0.733 bits per heavy atom. The molecule has 0 amide bonds. The smallest absolute Gasteiger partial charge is 0.213 e. The van der Waals surface area contributed by atoms with Gasteiger partial charge in [-0.1, -0.05) is 60.7 Å². The number of ether oxygens (including phenoxy) is 3. The van der Waals surface area contributed by atoms with E-state index in [1.54, 1.807) is 31.4 Å². The van der Waals surface area contributed by atoms with E-state index in [0.717, 1.165) is 0 Å². The lowest BCUT2D eigenvalue weighted by Gasteiger charge is -2.13. The number of benzene rings is 3. The first-order valence-electron chi connectivity index (χ1n) is 9.24. The van der Waals surface area contributed by atoms with Crippen molar-refractivity contribution in [3.63, 3.8) is 0 Å². The van der Waals surface area contributed by atoms with Gasteiger partial charge in [0.25, 0.3) is 0 Å². The molecule has 0 bridgehead atoms. The van der Waals surface area contributed by atoms with Gasteiger partial charge in [0.1, 0.15) is 5.71 Å². The van der Waals surface area contributed by atoms with Crippen LogP contribution in [0.4, 0.5) is 0 Å². The summed E-state index contributed by atoms with van der Waals surface area (Å²) in [7, 11) is 4.62. The Hall–Kier alpha value is -3.93. The predicted molar refractivity (Wildman–Crippen MR) is 117 cm³/mol. The number of hydrogen-bond acceptors (Lipinski definition) is 6. The quantitative estimate of drug-likeness (QED) is 0.318. The minimum absolute atomic E-state index is 0.210. The Kier molecular flexibility index (Phi) is 6.95. The van der Waals surface area contributed by atoms with E-state index in [-0.39, 0.29) is 11.5 Å². The van der Waals surface area contributed by atoms with E-state index in [0.29, 0.717) is 33.9 Å². The van der Waals surface area contributed by atoms with Crippen molar-refractivity contribution in [2.45, 2.75) is 0 Å². The summed E-state index contributed by atoms with van der Waals surface area (Å²) in [5, 5.41) is 8.42. The van der Waals surface area contributed by atoms with Crippen LogP contribution < -0.4 is 14.2 Å². The fraction of sp³-hybridized carbons (Fsp3) is 0.125. The molecule has 0 fully saturated rings. The Bertz CT molecular complexity index is 1060. The molecule has 0 heterocycles. The zero-order chi connectivity index (χ0) is 21.3. The minimum Gasteiger partial charge on any atom is -0.493 e. The topological polar surface area (TPSA) is 69.5 Å². The van der Waals surface area contributed by atoms with E-state index in [9.17, 15) is 4.79 Å². The maximum absolute atomic E-state index is 13.0. The molecule has 0 saturated heterocycles. The van der Waals surface area contributed by atoms with Crippen LogP contribution in [0.2, 0.25) is 0 Å². The lowest BCUT2D eigenvalue weighted by molar-refractivity contribution is 0.106. The number of rotatable bonds is 8. The number of methoxy groups -OCH3 is 3. The first-order chi connectivity index (χ1) is 14.7. The molecule has 3 aromatic carbocycles. The van der Waals surface area contributed by atoms with Crippen LogP contribution in [0.15, 0.2) is 83.0 Å². The van der Waals surface area contributed by atoms with E-state index < -0.39 is 0 Å². The number of hydrogen-bond donors (Lipinski definition) is 0. The molecule has 0 atom stereocenters. The average Bonchev–Trinajstić information content (AvgIpc) is 2.81. The van der Waals surface area contributed by atoms with Gasteiger partial charge in [0, 0.05) is 16.7 Å². The molecular weight excluding hydrogens is 380 g/mol. The van der Waals surface area contributed by atoms with Crippen molar-refractivity contribution in [1.29, 1.82) is 0 Å². The van der Waals surface area contributed by atoms with E-state index in [4.69, 9.17) is 14.2 Å². The molecule has 0 aliphatic rings. The molecule has 152 valence electrons. The maximum Gasteiger partial charge on any atom is 0.213 e. The van der Waals surface area contributed by atoms with Crippen LogP contribution in [0.25, 0.3) is 0 Å². The number of nitrogens with zero attached hydrogens (tertiary/aromatic N) is 2. The highest BCUT2D eigenvalue weighted by molar-refractivity contribution is 6.51. The van der Waals surface area contributed by atoms with Crippen molar-refractivity contribution < 1.29 is 19.0 Å². The molecule has 30 heavy (non-hydrogen) atoms. The van der Waals surface area contributed by atoms with Crippen molar-refractivity contribution >= 4 is 17.7 Å². The molecule has 0 spiro atoms. The van der Waals surface area contributed by atoms with E-state index in [1.807, 2.05) is 48.5 Å². The van der Waals surface area contributed by atoms with Crippen LogP contribution in [0.1, 0.15) is 21.5 Å². The second-order valence-electron chi connectivity index (χ2n) is 6.18. The Morgan fingerprint density at radius 2 is 1.33 bits per heavy atom. The summed E-state index contributed by atoms with van der Waals surface area (Å²) in [4.78, 5) is 13.0. The molecular formula is C24H22N2O4. The van der Waals surface area contributed by atoms with Crippen LogP contribution in [0, 0.1) is 0 Å². The maximum atomic E-state index is 13.0. The summed E-state index contributed by atoms with van der Waals surface area (Å²) >= 11 is 0. The second kappa shape index (κ2) is 10.0. The lowest BCUT2D eigenvalue weighted by Crippen LogP contribution is -2.15. The predicted octanol–water partition coefficient (Wildman–Crippen LogP) is 4.42. The van der Waals surface area contributed by atoms with Gasteiger partial charge in [-0.25, -0.2) is 0 Å². The van der Waals surface area contributed by atoms with Crippen molar-refractivity contribution in [1.82, 2.24) is 0 Å². The third-order valence-corrected chi connectivity index (χ3v) is 4.39. The van der Waals surface area contributed by atoms with Gasteiger partial charge in [0.05, 0.1) is 27.5 Å². The van der Waals surface area contributed by atoms with Gasteiger partial charge >= 0.3 is 0 Å². The number of ketones is 1. The summed E-state index contributed by atoms with van der Waals surface area (Å²) in [5.41, 5.74) is 2.11. The third-order valence-electron chi connectivity index (χ3n) is 4.39. The molecule has 0 N–H and O–H groups in total. The standard InChI is InChI=1S/C24H22N2O4/c1-28-20-15-14-19(23(29-2)24(20)30-3)16-25-26-21(17-10-6-4-7-11-17)22(27)18-12-8-5-9-13-18/h4-16H,1-3H3/b25-16+,26-21+. The molecule has 0 aliphatic carbocycles. The molecule has 0 aromatic heterocycles. The first kappa shape index (κ1) is 20.8. The number of Topliss-reactive ketones (excluding diaryl/α,β-unsaturated/α-hetero) is 1. The van der Waals surface area contributed by atoms with Crippen molar-refractivity contribution in [2.75, 3.05) is 21.3 Å². The Labute approximate surface area is 175 Å². The summed E-state index contributed by atoms with van der Waals surface area (Å²) in [5.74, 6) is 1.25. The van der Waals surface area contributed by atoms with Crippen LogP contribution in [0.3, 0.4) is 0 Å². The van der Waals surface area contributed by atoms with Gasteiger partial charge in [-0.3, -0.25) is 4.79 Å². The van der Waals surface area contributed by atoms with Gasteiger partial charge in [-0.2, -0.15) is 5.10 Å². The summed E-state index contributed by atoms with van der Waals surface area (Å²) < 4.78 is 16.1. The Morgan fingerprint density at radius 3 is 1.90 bits per heavy atom. The van der Waals surface area contributed by atoms with Crippen LogP contribution >= 0.6 is 0 Å². The van der Waals surface area contributed by atoms with Gasteiger partial charge in [0.15, 0.2) is 11.5 Å².